The van der Waals surface area contributed by atoms with Gasteiger partial charge in [0, 0.05) is 30.5 Å². The summed E-state index contributed by atoms with van der Waals surface area (Å²) in [5, 5.41) is 0. The molecular formula is C14H18ClNO2. The number of rotatable bonds is 6. The van der Waals surface area contributed by atoms with Gasteiger partial charge in [-0.3, -0.25) is 4.79 Å². The summed E-state index contributed by atoms with van der Waals surface area (Å²) in [6, 6.07) is 8.22. The molecule has 1 aromatic carbocycles. The smallest absolute Gasteiger partial charge is 0.224 e. The molecule has 0 radical (unpaired) electrons. The molecule has 0 atom stereocenters. The average Bonchev–Trinajstić information content (AvgIpc) is 3.21. The average molecular weight is 268 g/mol. The minimum atomic E-state index is 0.137. The van der Waals surface area contributed by atoms with Crippen LogP contribution in [0.2, 0.25) is 0 Å². The third-order valence-corrected chi connectivity index (χ3v) is 3.34. The normalized spacial score (nSPS) is 14.3. The molecule has 0 unspecified atom stereocenters. The summed E-state index contributed by atoms with van der Waals surface area (Å²) in [5.74, 6) is 1.36. The predicted octanol–water partition coefficient (Wildman–Crippen LogP) is 2.82. The Bertz CT molecular complexity index is 418. The highest BCUT2D eigenvalue weighted by Gasteiger charge is 2.32. The van der Waals surface area contributed by atoms with E-state index in [2.05, 4.69) is 0 Å². The molecule has 1 saturated carbocycles. The fraction of sp³-hybridized carbons (Fsp3) is 0.500. The van der Waals surface area contributed by atoms with E-state index in [9.17, 15) is 4.79 Å². The Balaban J connectivity index is 2.10. The van der Waals surface area contributed by atoms with Crippen LogP contribution in [0.5, 0.6) is 5.75 Å². The molecule has 1 aromatic rings. The number of para-hydroxylation sites is 1. The highest BCUT2D eigenvalue weighted by atomic mass is 35.5. The van der Waals surface area contributed by atoms with Crippen LogP contribution in [-0.4, -0.2) is 29.8 Å². The van der Waals surface area contributed by atoms with Crippen LogP contribution >= 0.6 is 11.6 Å². The second-order valence-corrected chi connectivity index (χ2v) is 4.88. The van der Waals surface area contributed by atoms with Crippen molar-refractivity contribution in [1.82, 2.24) is 4.90 Å². The molecule has 0 heterocycles. The molecule has 2 rings (SSSR count). The topological polar surface area (TPSA) is 29.5 Å². The molecule has 4 heteroatoms. The number of nitrogens with zero attached hydrogens (tertiary/aromatic N) is 1. The van der Waals surface area contributed by atoms with E-state index in [0.717, 1.165) is 24.2 Å². The van der Waals surface area contributed by atoms with E-state index in [-0.39, 0.29) is 5.91 Å². The number of benzene rings is 1. The van der Waals surface area contributed by atoms with Crippen molar-refractivity contribution in [2.75, 3.05) is 13.0 Å². The molecule has 1 aliphatic carbocycles. The third kappa shape index (κ3) is 3.16. The van der Waals surface area contributed by atoms with Gasteiger partial charge >= 0.3 is 0 Å². The van der Waals surface area contributed by atoms with Gasteiger partial charge in [-0.25, -0.2) is 0 Å². The Morgan fingerprint density at radius 3 is 2.78 bits per heavy atom. The van der Waals surface area contributed by atoms with Crippen molar-refractivity contribution < 1.29 is 9.53 Å². The summed E-state index contributed by atoms with van der Waals surface area (Å²) in [6.07, 6.45) is 2.61. The molecule has 0 N–H and O–H groups in total. The maximum atomic E-state index is 12.0. The number of hydrogen-bond donors (Lipinski definition) is 0. The number of hydrogen-bond acceptors (Lipinski definition) is 2. The standard InChI is InChI=1S/C14H18ClNO2/c1-18-13-5-3-2-4-11(13)10-16(12-6-7-12)14(17)8-9-15/h2-5,12H,6-10H2,1H3. The van der Waals surface area contributed by atoms with Crippen LogP contribution in [0.3, 0.4) is 0 Å². The number of amides is 1. The Kier molecular flexibility index (Phi) is 4.48. The first-order valence-corrected chi connectivity index (χ1v) is 6.77. The monoisotopic (exact) mass is 267 g/mol. The SMILES string of the molecule is COc1ccccc1CN(C(=O)CCCl)C1CC1. The number of ether oxygens (including phenoxy) is 1. The van der Waals surface area contributed by atoms with Crippen molar-refractivity contribution in [1.29, 1.82) is 0 Å². The number of halogens is 1. The van der Waals surface area contributed by atoms with E-state index in [1.165, 1.54) is 0 Å². The zero-order valence-electron chi connectivity index (χ0n) is 10.6. The Morgan fingerprint density at radius 2 is 2.17 bits per heavy atom. The molecule has 1 fully saturated rings. The molecular weight excluding hydrogens is 250 g/mol. The number of carbonyl (C=O) groups is 1. The van der Waals surface area contributed by atoms with Crippen LogP contribution in [0, 0.1) is 0 Å². The van der Waals surface area contributed by atoms with Crippen LogP contribution in [0.1, 0.15) is 24.8 Å². The first kappa shape index (κ1) is 13.2. The second-order valence-electron chi connectivity index (χ2n) is 4.50. The highest BCUT2D eigenvalue weighted by molar-refractivity contribution is 6.18. The predicted molar refractivity (Wildman–Crippen MR) is 71.9 cm³/mol. The zero-order chi connectivity index (χ0) is 13.0. The molecule has 0 aliphatic heterocycles. The Labute approximate surface area is 113 Å². The molecule has 18 heavy (non-hydrogen) atoms. The zero-order valence-corrected chi connectivity index (χ0v) is 11.3. The van der Waals surface area contributed by atoms with E-state index in [1.807, 2.05) is 29.2 Å². The molecule has 1 amide bonds. The van der Waals surface area contributed by atoms with E-state index < -0.39 is 0 Å². The van der Waals surface area contributed by atoms with Gasteiger partial charge in [0.15, 0.2) is 0 Å². The van der Waals surface area contributed by atoms with Gasteiger partial charge in [-0.15, -0.1) is 11.6 Å². The lowest BCUT2D eigenvalue weighted by Crippen LogP contribution is -2.32. The van der Waals surface area contributed by atoms with Gasteiger partial charge in [0.1, 0.15) is 5.75 Å². The lowest BCUT2D eigenvalue weighted by molar-refractivity contribution is -0.132. The van der Waals surface area contributed by atoms with Crippen LogP contribution in [0.15, 0.2) is 24.3 Å². The highest BCUT2D eigenvalue weighted by Crippen LogP contribution is 2.30. The lowest BCUT2D eigenvalue weighted by atomic mass is 10.2. The van der Waals surface area contributed by atoms with E-state index >= 15 is 0 Å². The van der Waals surface area contributed by atoms with Crippen LogP contribution in [0.25, 0.3) is 0 Å². The summed E-state index contributed by atoms with van der Waals surface area (Å²) in [6.45, 7) is 0.615. The molecule has 98 valence electrons. The molecule has 0 saturated heterocycles. The number of alkyl halides is 1. The largest absolute Gasteiger partial charge is 0.496 e. The minimum Gasteiger partial charge on any atom is -0.496 e. The maximum Gasteiger partial charge on any atom is 0.224 e. The summed E-state index contributed by atoms with van der Waals surface area (Å²) in [5.41, 5.74) is 1.05. The van der Waals surface area contributed by atoms with Gasteiger partial charge in [0.25, 0.3) is 0 Å². The van der Waals surface area contributed by atoms with Crippen molar-refractivity contribution in [3.8, 4) is 5.75 Å². The van der Waals surface area contributed by atoms with Gasteiger partial charge < -0.3 is 9.64 Å². The number of carbonyl (C=O) groups excluding carboxylic acids is 1. The third-order valence-electron chi connectivity index (χ3n) is 3.15. The van der Waals surface area contributed by atoms with Gasteiger partial charge in [-0.05, 0) is 18.9 Å². The van der Waals surface area contributed by atoms with E-state index in [4.69, 9.17) is 16.3 Å². The van der Waals surface area contributed by atoms with Gasteiger partial charge in [0.05, 0.1) is 7.11 Å². The lowest BCUT2D eigenvalue weighted by Gasteiger charge is -2.23. The van der Waals surface area contributed by atoms with E-state index in [0.29, 0.717) is 24.9 Å². The van der Waals surface area contributed by atoms with Gasteiger partial charge in [-0.1, -0.05) is 18.2 Å². The van der Waals surface area contributed by atoms with Crippen molar-refractivity contribution in [3.63, 3.8) is 0 Å². The summed E-state index contributed by atoms with van der Waals surface area (Å²) in [4.78, 5) is 14.0. The van der Waals surface area contributed by atoms with Crippen LogP contribution < -0.4 is 4.74 Å². The fourth-order valence-corrected chi connectivity index (χ4v) is 2.21. The van der Waals surface area contributed by atoms with Crippen LogP contribution in [-0.2, 0) is 11.3 Å². The fourth-order valence-electron chi connectivity index (χ4n) is 2.05. The Morgan fingerprint density at radius 1 is 1.44 bits per heavy atom. The second kappa shape index (κ2) is 6.10. The molecule has 3 nitrogen and oxygen atoms in total. The maximum absolute atomic E-state index is 12.0. The summed E-state index contributed by atoms with van der Waals surface area (Å²) < 4.78 is 5.32. The van der Waals surface area contributed by atoms with Crippen LogP contribution in [0.4, 0.5) is 0 Å². The molecule has 0 bridgehead atoms. The van der Waals surface area contributed by atoms with Gasteiger partial charge in [0.2, 0.25) is 5.91 Å². The van der Waals surface area contributed by atoms with Gasteiger partial charge in [-0.2, -0.15) is 0 Å². The summed E-state index contributed by atoms with van der Waals surface area (Å²) >= 11 is 5.65. The minimum absolute atomic E-state index is 0.137. The van der Waals surface area contributed by atoms with Crippen molar-refractivity contribution in [2.45, 2.75) is 31.8 Å². The molecule has 0 aromatic heterocycles. The quantitative estimate of drug-likeness (QED) is 0.742. The van der Waals surface area contributed by atoms with E-state index in [1.54, 1.807) is 7.11 Å². The Hall–Kier alpha value is -1.22. The van der Waals surface area contributed by atoms with Crippen molar-refractivity contribution >= 4 is 17.5 Å². The molecule has 0 spiro atoms. The first-order valence-electron chi connectivity index (χ1n) is 6.23. The number of methoxy groups -OCH3 is 1. The van der Waals surface area contributed by atoms with Crippen molar-refractivity contribution in [3.05, 3.63) is 29.8 Å². The molecule has 1 aliphatic rings. The van der Waals surface area contributed by atoms with Crippen molar-refractivity contribution in [2.24, 2.45) is 0 Å². The first-order chi connectivity index (χ1) is 8.76. The summed E-state index contributed by atoms with van der Waals surface area (Å²) in [7, 11) is 1.65.